The number of hydrogen-bond donors (Lipinski definition) is 0. The highest BCUT2D eigenvalue weighted by molar-refractivity contribution is 6.30. The maximum absolute atomic E-state index is 13.6. The van der Waals surface area contributed by atoms with Crippen molar-refractivity contribution < 1.29 is 4.74 Å². The maximum atomic E-state index is 13.6. The molecule has 176 valence electrons. The number of fused-ring (bicyclic) bond motifs is 1. The van der Waals surface area contributed by atoms with E-state index in [4.69, 9.17) is 26.4 Å². The van der Waals surface area contributed by atoms with Crippen LogP contribution in [0.5, 0.6) is 5.75 Å². The highest BCUT2D eigenvalue weighted by atomic mass is 35.5. The number of benzene rings is 2. The second-order valence-corrected chi connectivity index (χ2v) is 9.16. The van der Waals surface area contributed by atoms with Gasteiger partial charge in [0.1, 0.15) is 12.3 Å². The van der Waals surface area contributed by atoms with E-state index < -0.39 is 0 Å². The molecule has 5 rings (SSSR count). The molecule has 0 N–H and O–H groups in total. The Kier molecular flexibility index (Phi) is 5.91. The van der Waals surface area contributed by atoms with Crippen LogP contribution in [0.2, 0.25) is 5.02 Å². The van der Waals surface area contributed by atoms with Crippen molar-refractivity contribution in [2.45, 2.75) is 34.3 Å². The molecule has 3 aromatic heterocycles. The van der Waals surface area contributed by atoms with Crippen molar-refractivity contribution in [2.24, 2.45) is 0 Å². The summed E-state index contributed by atoms with van der Waals surface area (Å²) in [4.78, 5) is 18.3. The van der Waals surface area contributed by atoms with E-state index >= 15 is 0 Å². The molecule has 0 radical (unpaired) electrons. The van der Waals surface area contributed by atoms with Crippen LogP contribution < -0.4 is 10.3 Å². The van der Waals surface area contributed by atoms with Crippen LogP contribution in [0.15, 0.2) is 71.7 Å². The summed E-state index contributed by atoms with van der Waals surface area (Å²) in [5.74, 6) is 0.556. The molecule has 0 aliphatic rings. The van der Waals surface area contributed by atoms with Gasteiger partial charge < -0.3 is 4.74 Å². The summed E-state index contributed by atoms with van der Waals surface area (Å²) in [6.07, 6.45) is 1.71. The van der Waals surface area contributed by atoms with Gasteiger partial charge in [-0.2, -0.15) is 5.10 Å². The molecular formula is C28H25ClN4O2. The molecule has 35 heavy (non-hydrogen) atoms. The first kappa shape index (κ1) is 22.9. The summed E-state index contributed by atoms with van der Waals surface area (Å²) in [7, 11) is 0. The Balaban J connectivity index is 1.55. The smallest absolute Gasteiger partial charge is 0.267 e. The lowest BCUT2D eigenvalue weighted by molar-refractivity contribution is 0.307. The van der Waals surface area contributed by atoms with Gasteiger partial charge in [-0.3, -0.25) is 9.20 Å². The number of ether oxygens (including phenoxy) is 1. The van der Waals surface area contributed by atoms with Crippen LogP contribution in [0, 0.1) is 27.7 Å². The Bertz CT molecular complexity index is 1630. The van der Waals surface area contributed by atoms with Crippen molar-refractivity contribution in [1.29, 1.82) is 0 Å². The van der Waals surface area contributed by atoms with E-state index in [1.165, 1.54) is 9.96 Å². The van der Waals surface area contributed by atoms with Gasteiger partial charge in [0.05, 0.1) is 16.9 Å². The number of rotatable bonds is 5. The SMILES string of the molecule is Cc1ccc(C)c(COc2cccn3c(=O)c(-c4cc(C)n(-c5cccc(Cl)c5)n4)c(C)nc23)c1. The monoisotopic (exact) mass is 484 g/mol. The molecule has 0 spiro atoms. The largest absolute Gasteiger partial charge is 0.485 e. The van der Waals surface area contributed by atoms with E-state index in [-0.39, 0.29) is 5.56 Å². The summed E-state index contributed by atoms with van der Waals surface area (Å²) < 4.78 is 9.43. The van der Waals surface area contributed by atoms with Gasteiger partial charge in [-0.1, -0.05) is 41.4 Å². The summed E-state index contributed by atoms with van der Waals surface area (Å²) in [5.41, 5.74) is 7.05. The average molecular weight is 485 g/mol. The topological polar surface area (TPSA) is 61.4 Å². The van der Waals surface area contributed by atoms with Crippen LogP contribution in [0.4, 0.5) is 0 Å². The minimum atomic E-state index is -0.194. The van der Waals surface area contributed by atoms with Crippen molar-refractivity contribution >= 4 is 17.2 Å². The third kappa shape index (κ3) is 4.33. The Morgan fingerprint density at radius 2 is 1.80 bits per heavy atom. The molecule has 7 heteroatoms. The normalized spacial score (nSPS) is 11.2. The number of nitrogens with zero attached hydrogens (tertiary/aromatic N) is 4. The summed E-state index contributed by atoms with van der Waals surface area (Å²) in [6, 6.07) is 19.2. The first-order valence-corrected chi connectivity index (χ1v) is 11.7. The lowest BCUT2D eigenvalue weighted by Crippen LogP contribution is -2.19. The van der Waals surface area contributed by atoms with Crippen LogP contribution in [-0.4, -0.2) is 19.2 Å². The van der Waals surface area contributed by atoms with Gasteiger partial charge in [-0.15, -0.1) is 0 Å². The fraction of sp³-hybridized carbons (Fsp3) is 0.179. The molecule has 0 aliphatic heterocycles. The number of aryl methyl sites for hydroxylation is 4. The minimum absolute atomic E-state index is 0.194. The van der Waals surface area contributed by atoms with Crippen molar-refractivity contribution in [3.8, 4) is 22.7 Å². The van der Waals surface area contributed by atoms with E-state index in [9.17, 15) is 4.79 Å². The third-order valence-corrected chi connectivity index (χ3v) is 6.32. The number of hydrogen-bond acceptors (Lipinski definition) is 4. The minimum Gasteiger partial charge on any atom is -0.485 e. The van der Waals surface area contributed by atoms with Gasteiger partial charge in [0.2, 0.25) is 0 Å². The van der Waals surface area contributed by atoms with Crippen LogP contribution in [0.1, 0.15) is 28.1 Å². The lowest BCUT2D eigenvalue weighted by atomic mass is 10.1. The highest BCUT2D eigenvalue weighted by Gasteiger charge is 2.18. The number of pyridine rings is 1. The Hall–Kier alpha value is -3.90. The zero-order valence-electron chi connectivity index (χ0n) is 20.0. The summed E-state index contributed by atoms with van der Waals surface area (Å²) in [5, 5.41) is 5.33. The molecular weight excluding hydrogens is 460 g/mol. The predicted molar refractivity (Wildman–Crippen MR) is 139 cm³/mol. The van der Waals surface area contributed by atoms with Gasteiger partial charge in [0, 0.05) is 16.9 Å². The first-order valence-electron chi connectivity index (χ1n) is 11.4. The summed E-state index contributed by atoms with van der Waals surface area (Å²) >= 11 is 6.17. The zero-order valence-corrected chi connectivity index (χ0v) is 20.8. The lowest BCUT2D eigenvalue weighted by Gasteiger charge is -2.13. The maximum Gasteiger partial charge on any atom is 0.267 e. The first-order chi connectivity index (χ1) is 16.8. The van der Waals surface area contributed by atoms with Crippen LogP contribution in [0.25, 0.3) is 22.6 Å². The standard InChI is InChI=1S/C28H25ClN4O2/c1-17-10-11-18(2)21(13-17)16-35-25-9-6-12-32-27(25)30-20(4)26(28(32)34)24-14-19(3)33(31-24)23-8-5-7-22(29)15-23/h5-15H,16H2,1-4H3. The molecule has 3 heterocycles. The molecule has 0 saturated carbocycles. The molecule has 0 amide bonds. The molecule has 0 saturated heterocycles. The molecule has 2 aromatic carbocycles. The van der Waals surface area contributed by atoms with Crippen molar-refractivity contribution in [2.75, 3.05) is 0 Å². The second kappa shape index (κ2) is 9.04. The van der Waals surface area contributed by atoms with Crippen LogP contribution >= 0.6 is 11.6 Å². The summed E-state index contributed by atoms with van der Waals surface area (Å²) in [6.45, 7) is 8.28. The zero-order chi connectivity index (χ0) is 24.7. The van der Waals surface area contributed by atoms with Gasteiger partial charge in [0.15, 0.2) is 11.4 Å². The highest BCUT2D eigenvalue weighted by Crippen LogP contribution is 2.25. The van der Waals surface area contributed by atoms with E-state index in [1.54, 1.807) is 16.9 Å². The van der Waals surface area contributed by atoms with Crippen molar-refractivity contribution in [1.82, 2.24) is 19.2 Å². The van der Waals surface area contributed by atoms with E-state index in [0.717, 1.165) is 22.5 Å². The Morgan fingerprint density at radius 1 is 0.971 bits per heavy atom. The number of halogens is 1. The quantitative estimate of drug-likeness (QED) is 0.306. The fourth-order valence-corrected chi connectivity index (χ4v) is 4.41. The molecule has 0 aliphatic carbocycles. The van der Waals surface area contributed by atoms with Gasteiger partial charge in [-0.25, -0.2) is 9.67 Å². The Morgan fingerprint density at radius 3 is 2.60 bits per heavy atom. The third-order valence-electron chi connectivity index (χ3n) is 6.08. The molecule has 0 fully saturated rings. The molecule has 0 unspecified atom stereocenters. The average Bonchev–Trinajstić information content (AvgIpc) is 3.21. The van der Waals surface area contributed by atoms with Crippen molar-refractivity contribution in [3.05, 3.63) is 110 Å². The molecule has 0 bridgehead atoms. The van der Waals surface area contributed by atoms with E-state index in [1.807, 2.05) is 50.2 Å². The van der Waals surface area contributed by atoms with Crippen LogP contribution in [0.3, 0.4) is 0 Å². The van der Waals surface area contributed by atoms with Crippen molar-refractivity contribution in [3.63, 3.8) is 0 Å². The van der Waals surface area contributed by atoms with E-state index in [0.29, 0.717) is 40.0 Å². The van der Waals surface area contributed by atoms with Crippen LogP contribution in [-0.2, 0) is 6.61 Å². The van der Waals surface area contributed by atoms with Gasteiger partial charge >= 0.3 is 0 Å². The van der Waals surface area contributed by atoms with Gasteiger partial charge in [0.25, 0.3) is 5.56 Å². The van der Waals surface area contributed by atoms with E-state index in [2.05, 4.69) is 32.0 Å². The Labute approximate surface area is 208 Å². The molecule has 5 aromatic rings. The van der Waals surface area contributed by atoms with Gasteiger partial charge in [-0.05, 0) is 75.2 Å². The number of aromatic nitrogens is 4. The molecule has 0 atom stereocenters. The predicted octanol–water partition coefficient (Wildman–Crippen LogP) is 6.01. The fourth-order valence-electron chi connectivity index (χ4n) is 4.23. The molecule has 6 nitrogen and oxygen atoms in total. The second-order valence-electron chi connectivity index (χ2n) is 8.72.